The van der Waals surface area contributed by atoms with E-state index in [2.05, 4.69) is 15.9 Å². The van der Waals surface area contributed by atoms with Crippen molar-refractivity contribution in [2.24, 2.45) is 0 Å². The van der Waals surface area contributed by atoms with Crippen LogP contribution in [0.1, 0.15) is 24.2 Å². The van der Waals surface area contributed by atoms with Gasteiger partial charge in [-0.25, -0.2) is 4.21 Å². The van der Waals surface area contributed by atoms with Gasteiger partial charge in [-0.1, -0.05) is 17.7 Å². The summed E-state index contributed by atoms with van der Waals surface area (Å²) in [6.45, 7) is 2.79. The second-order valence-electron chi connectivity index (χ2n) is 5.20. The third-order valence-electron chi connectivity index (χ3n) is 3.20. The van der Waals surface area contributed by atoms with Crippen LogP contribution in [0.4, 0.5) is 11.4 Å². The highest BCUT2D eigenvalue weighted by Crippen LogP contribution is 2.27. The van der Waals surface area contributed by atoms with E-state index in [9.17, 15) is 13.8 Å². The van der Waals surface area contributed by atoms with Gasteiger partial charge in [0.1, 0.15) is 0 Å². The minimum absolute atomic E-state index is 0.193. The summed E-state index contributed by atoms with van der Waals surface area (Å²) in [5, 5.41) is 2.91. The van der Waals surface area contributed by atoms with Crippen molar-refractivity contribution in [2.75, 3.05) is 10.0 Å². The topological polar surface area (TPSA) is 75.3 Å². The maximum Gasteiger partial charge on any atom is 0.221 e. The highest BCUT2D eigenvalue weighted by Gasteiger charge is 2.15. The van der Waals surface area contributed by atoms with E-state index in [0.29, 0.717) is 16.3 Å². The van der Waals surface area contributed by atoms with Crippen molar-refractivity contribution >= 4 is 50.2 Å². The highest BCUT2D eigenvalue weighted by molar-refractivity contribution is 8.01. The Balaban J connectivity index is 2.34. The van der Waals surface area contributed by atoms with Gasteiger partial charge in [-0.2, -0.15) is 0 Å². The smallest absolute Gasteiger partial charge is 0.221 e. The first-order valence-corrected chi connectivity index (χ1v) is 9.13. The number of benzene rings is 2. The lowest BCUT2D eigenvalue weighted by molar-refractivity contribution is -0.114. The van der Waals surface area contributed by atoms with Gasteiger partial charge in [-0.15, -0.1) is 0 Å². The molecule has 0 heterocycles. The van der Waals surface area contributed by atoms with Crippen LogP contribution in [0.2, 0.25) is 5.02 Å². The fourth-order valence-corrected chi connectivity index (χ4v) is 3.69. The molecule has 1 amide bonds. The first-order chi connectivity index (χ1) is 11.2. The average Bonchev–Trinajstić information content (AvgIpc) is 2.46. The number of carbonyl (C=O) groups is 2. The van der Waals surface area contributed by atoms with Crippen molar-refractivity contribution in [1.82, 2.24) is 0 Å². The summed E-state index contributed by atoms with van der Waals surface area (Å²) in [6.07, 6.45) is 0. The fraction of sp³-hybridized carbons (Fsp3) is 0.118. The van der Waals surface area contributed by atoms with Gasteiger partial charge in [-0.3, -0.25) is 9.59 Å². The minimum atomic E-state index is -2.90. The van der Waals surface area contributed by atoms with Crippen LogP contribution in [0.3, 0.4) is 0 Å². The number of ketones is 1. The Bertz CT molecular complexity index is 891. The number of halogens is 1. The molecule has 126 valence electrons. The molecule has 0 aliphatic carbocycles. The summed E-state index contributed by atoms with van der Waals surface area (Å²) in [5.41, 5.74) is 1.22. The van der Waals surface area contributed by atoms with Crippen molar-refractivity contribution in [1.29, 1.82) is 0 Å². The minimum Gasteiger partial charge on any atom is -0.326 e. The predicted molar refractivity (Wildman–Crippen MR) is 99.4 cm³/mol. The number of rotatable bonds is 5. The molecular formula is C17H17ClN2O3S. The molecule has 2 aromatic rings. The van der Waals surface area contributed by atoms with Crippen LogP contribution in [0.15, 0.2) is 47.4 Å². The Kier molecular flexibility index (Phi) is 5.31. The molecule has 1 atom stereocenters. The first kappa shape index (κ1) is 18.0. The average molecular weight is 365 g/mol. The van der Waals surface area contributed by atoms with Gasteiger partial charge >= 0.3 is 0 Å². The number of Topliss-reactive ketones (excluding diaryl/α,β-unsaturated/α-hetero) is 1. The predicted octanol–water partition coefficient (Wildman–Crippen LogP) is 3.60. The van der Waals surface area contributed by atoms with Crippen LogP contribution in [-0.2, 0) is 14.5 Å². The van der Waals surface area contributed by atoms with Crippen LogP contribution in [0, 0.1) is 0 Å². The number of hydrogen-bond donors (Lipinski definition) is 2. The standard InChI is InChI=1S/C17H17ClN2O3S/c1-11(21)17-15(18)5-4-6-16(17)20-24(3,23)14-9-7-13(8-10-14)19-12(2)22/h4-10H,3H2,1-2H3,(H,19,22)(H,20,23). The van der Waals surface area contributed by atoms with Gasteiger partial charge in [-0.05, 0) is 49.2 Å². The Hall–Kier alpha value is -2.31. The van der Waals surface area contributed by atoms with Crippen molar-refractivity contribution < 1.29 is 13.8 Å². The van der Waals surface area contributed by atoms with E-state index in [1.807, 2.05) is 0 Å². The van der Waals surface area contributed by atoms with Gasteiger partial charge < -0.3 is 10.0 Å². The second kappa shape index (κ2) is 7.07. The lowest BCUT2D eigenvalue weighted by atomic mass is 10.1. The third kappa shape index (κ3) is 4.15. The summed E-state index contributed by atoms with van der Waals surface area (Å²) in [5.74, 6) is 3.30. The molecule has 2 N–H and O–H groups in total. The molecule has 0 saturated carbocycles. The Morgan fingerprint density at radius 3 is 2.25 bits per heavy atom. The maximum atomic E-state index is 12.9. The molecule has 2 aromatic carbocycles. The summed E-state index contributed by atoms with van der Waals surface area (Å²) >= 11 is 6.05. The number of nitrogens with one attached hydrogen (secondary N) is 2. The number of hydrogen-bond acceptors (Lipinski definition) is 3. The lowest BCUT2D eigenvalue weighted by Gasteiger charge is -2.16. The van der Waals surface area contributed by atoms with E-state index in [0.717, 1.165) is 0 Å². The molecule has 5 nitrogen and oxygen atoms in total. The van der Waals surface area contributed by atoms with Gasteiger partial charge in [0.15, 0.2) is 5.78 Å². The zero-order valence-electron chi connectivity index (χ0n) is 13.3. The normalized spacial score (nSPS) is 13.0. The van der Waals surface area contributed by atoms with E-state index < -0.39 is 9.71 Å². The molecule has 7 heteroatoms. The highest BCUT2D eigenvalue weighted by atomic mass is 35.5. The molecular weight excluding hydrogens is 348 g/mol. The van der Waals surface area contributed by atoms with E-state index >= 15 is 0 Å². The van der Waals surface area contributed by atoms with Crippen LogP contribution < -0.4 is 10.0 Å². The Morgan fingerprint density at radius 2 is 1.71 bits per heavy atom. The lowest BCUT2D eigenvalue weighted by Crippen LogP contribution is -2.15. The first-order valence-electron chi connectivity index (χ1n) is 7.03. The quantitative estimate of drug-likeness (QED) is 0.628. The van der Waals surface area contributed by atoms with Crippen molar-refractivity contribution in [2.45, 2.75) is 18.7 Å². The van der Waals surface area contributed by atoms with Gasteiger partial charge in [0.25, 0.3) is 0 Å². The van der Waals surface area contributed by atoms with Crippen LogP contribution >= 0.6 is 11.6 Å². The van der Waals surface area contributed by atoms with Crippen LogP contribution in [0.25, 0.3) is 0 Å². The molecule has 0 bridgehead atoms. The maximum absolute atomic E-state index is 12.9. The Morgan fingerprint density at radius 1 is 1.08 bits per heavy atom. The molecule has 24 heavy (non-hydrogen) atoms. The van der Waals surface area contributed by atoms with Gasteiger partial charge in [0, 0.05) is 17.5 Å². The van der Waals surface area contributed by atoms with Crippen molar-refractivity contribution in [3.05, 3.63) is 53.1 Å². The number of amides is 1. The van der Waals surface area contributed by atoms with E-state index in [-0.39, 0.29) is 22.3 Å². The zero-order valence-corrected chi connectivity index (χ0v) is 14.8. The molecule has 0 spiro atoms. The van der Waals surface area contributed by atoms with Gasteiger partial charge in [0.2, 0.25) is 5.91 Å². The Labute approximate surface area is 146 Å². The molecule has 0 saturated heterocycles. The molecule has 0 fully saturated rings. The van der Waals surface area contributed by atoms with Crippen molar-refractivity contribution in [3.8, 4) is 0 Å². The fourth-order valence-electron chi connectivity index (χ4n) is 2.16. The summed E-state index contributed by atoms with van der Waals surface area (Å²) in [6, 6.07) is 11.3. The third-order valence-corrected chi connectivity index (χ3v) is 5.09. The largest absolute Gasteiger partial charge is 0.326 e. The zero-order chi connectivity index (χ0) is 17.9. The molecule has 0 aliphatic rings. The molecule has 2 rings (SSSR count). The van der Waals surface area contributed by atoms with Crippen LogP contribution in [0.5, 0.6) is 0 Å². The molecule has 0 radical (unpaired) electrons. The summed E-state index contributed by atoms with van der Waals surface area (Å²) in [7, 11) is -2.90. The van der Waals surface area contributed by atoms with E-state index in [4.69, 9.17) is 11.6 Å². The monoisotopic (exact) mass is 364 g/mol. The van der Waals surface area contributed by atoms with Crippen molar-refractivity contribution in [3.63, 3.8) is 0 Å². The number of anilines is 2. The molecule has 0 aliphatic heterocycles. The SMILES string of the molecule is C=S(=O)(Nc1cccc(Cl)c1C(C)=O)c1ccc(NC(C)=O)cc1. The summed E-state index contributed by atoms with van der Waals surface area (Å²) in [4.78, 5) is 23.2. The van der Waals surface area contributed by atoms with Gasteiger partial charge in [0.05, 0.1) is 26.0 Å². The van der Waals surface area contributed by atoms with Crippen LogP contribution in [-0.4, -0.2) is 21.8 Å². The molecule has 1 unspecified atom stereocenters. The second-order valence-corrected chi connectivity index (χ2v) is 7.63. The molecule has 0 aromatic heterocycles. The number of carbonyl (C=O) groups excluding carboxylic acids is 2. The summed E-state index contributed by atoms with van der Waals surface area (Å²) < 4.78 is 15.7. The van der Waals surface area contributed by atoms with E-state index in [1.165, 1.54) is 13.8 Å². The van der Waals surface area contributed by atoms with E-state index in [1.54, 1.807) is 42.5 Å².